The molecule has 3 heterocycles. The van der Waals surface area contributed by atoms with Crippen molar-refractivity contribution < 1.29 is 69.0 Å². The molecule has 7 amide bonds. The number of rotatable bonds is 19. The van der Waals surface area contributed by atoms with Gasteiger partial charge in [-0.15, -0.1) is 0 Å². The summed E-state index contributed by atoms with van der Waals surface area (Å²) in [6, 6.07) is 8.98. The predicted molar refractivity (Wildman–Crippen MR) is 240 cm³/mol. The number of nitrogens with zero attached hydrogens (tertiary/aromatic N) is 3. The highest BCUT2D eigenvalue weighted by Gasteiger charge is 2.42. The van der Waals surface area contributed by atoms with Crippen LogP contribution >= 0.6 is 0 Å². The number of hydrogen-bond acceptors (Lipinski definition) is 14. The minimum absolute atomic E-state index is 0.0276. The van der Waals surface area contributed by atoms with Crippen molar-refractivity contribution in [2.24, 2.45) is 0 Å². The molecule has 0 unspecified atom stereocenters. The van der Waals surface area contributed by atoms with Crippen molar-refractivity contribution in [1.29, 1.82) is 0 Å². The summed E-state index contributed by atoms with van der Waals surface area (Å²) < 4.78 is 0. The molecule has 11 N–H and O–H groups in total. The summed E-state index contributed by atoms with van der Waals surface area (Å²) >= 11 is 0. The second kappa shape index (κ2) is 22.5. The Morgan fingerprint density at radius 2 is 1.12 bits per heavy atom. The van der Waals surface area contributed by atoms with Crippen molar-refractivity contribution in [3.8, 4) is 5.75 Å². The van der Waals surface area contributed by atoms with Gasteiger partial charge in [-0.25, -0.2) is 9.78 Å². The van der Waals surface area contributed by atoms with E-state index in [9.17, 15) is 69.0 Å². The number of aromatic nitrogens is 1. The zero-order chi connectivity index (χ0) is 49.2. The number of nitrogens with one attached hydrogen (secondary N) is 5. The number of aliphatic hydroxyl groups excluding tert-OH is 4. The number of likely N-dealkylation sites (tertiary alicyclic amines) is 2. The van der Waals surface area contributed by atoms with Crippen molar-refractivity contribution in [2.45, 2.75) is 87.4 Å². The first-order chi connectivity index (χ1) is 32.6. The maximum atomic E-state index is 13.9. The van der Waals surface area contributed by atoms with Crippen molar-refractivity contribution in [2.75, 3.05) is 32.9 Å². The van der Waals surface area contributed by atoms with E-state index in [1.54, 1.807) is 48.5 Å². The van der Waals surface area contributed by atoms with Crippen molar-refractivity contribution >= 4 is 69.1 Å². The predicted octanol–water partition coefficient (Wildman–Crippen LogP) is -2.20. The molecule has 6 rings (SSSR count). The highest BCUT2D eigenvalue weighted by molar-refractivity contribution is 6.17. The Morgan fingerprint density at radius 3 is 1.62 bits per heavy atom. The zero-order valence-electron chi connectivity index (χ0n) is 36.9. The highest BCUT2D eigenvalue weighted by atomic mass is 16.4. The number of hydrogen-bond donors (Lipinski definition) is 11. The average Bonchev–Trinajstić information content (AvgIpc) is 4.04. The number of para-hydroxylation sites is 2. The molecule has 22 heteroatoms. The highest BCUT2D eigenvalue weighted by Crippen LogP contribution is 2.27. The Labute approximate surface area is 388 Å². The van der Waals surface area contributed by atoms with E-state index in [1.807, 2.05) is 0 Å². The van der Waals surface area contributed by atoms with Crippen LogP contribution in [0.4, 0.5) is 0 Å². The monoisotopic (exact) mass is 942 g/mol. The van der Waals surface area contributed by atoms with Gasteiger partial charge in [0.1, 0.15) is 48.0 Å². The largest absolute Gasteiger partial charge is 0.508 e. The third kappa shape index (κ3) is 11.5. The molecule has 68 heavy (non-hydrogen) atoms. The standard InChI is InChI=1S/C46H54N8O14/c1-24(58)38(52-41(62)36-13-7-19-54(36)44(65)33(22-56)50-42(63)37-27-8-2-4-10-29(27)47-30-11-5-3-9-28(30)37)43(64)51-34(23-57)45(66)53-18-6-12-35(53)40(61)49-32(21-55)39(60)48-31(46(67)68)20-25-14-16-26(59)17-15-25/h2-5,8-11,14-17,24,31-36,38,55-59H,6-7,12-13,18-23H2,1H3,(H,48,60)(H,49,61)(H,50,63)(H,51,64)(H,52,62)(H,67,68)/t24-,31+,32+,33+,34+,35+,36+,38+/m1/s1. The number of benzene rings is 3. The van der Waals surface area contributed by atoms with Gasteiger partial charge in [-0.05, 0) is 62.4 Å². The maximum absolute atomic E-state index is 13.9. The molecule has 8 atom stereocenters. The quantitative estimate of drug-likeness (QED) is 0.0445. The van der Waals surface area contributed by atoms with Gasteiger partial charge in [-0.2, -0.15) is 0 Å². The van der Waals surface area contributed by atoms with Gasteiger partial charge in [0.15, 0.2) is 0 Å². The maximum Gasteiger partial charge on any atom is 0.326 e. The summed E-state index contributed by atoms with van der Waals surface area (Å²) in [6.45, 7) is -1.55. The summed E-state index contributed by atoms with van der Waals surface area (Å²) in [6.07, 6.45) is -0.972. The first-order valence-corrected chi connectivity index (χ1v) is 22.0. The van der Waals surface area contributed by atoms with Crippen LogP contribution < -0.4 is 26.6 Å². The molecular weight excluding hydrogens is 889 g/mol. The Kier molecular flexibility index (Phi) is 16.6. The summed E-state index contributed by atoms with van der Waals surface area (Å²) in [7, 11) is 0. The number of pyridine rings is 1. The number of carboxylic acid groups (broad SMARTS) is 1. The molecule has 0 radical (unpaired) electrons. The van der Waals surface area contributed by atoms with E-state index in [1.165, 1.54) is 31.2 Å². The lowest BCUT2D eigenvalue weighted by atomic mass is 10.0. The first-order valence-electron chi connectivity index (χ1n) is 22.0. The normalized spacial score (nSPS) is 18.4. The Morgan fingerprint density at radius 1 is 0.632 bits per heavy atom. The topological polar surface area (TPSA) is 337 Å². The third-order valence-corrected chi connectivity index (χ3v) is 11.9. The molecule has 0 spiro atoms. The lowest BCUT2D eigenvalue weighted by Gasteiger charge is -2.31. The van der Waals surface area contributed by atoms with Gasteiger partial charge in [0, 0.05) is 30.3 Å². The van der Waals surface area contributed by atoms with Gasteiger partial charge in [-0.1, -0.05) is 48.5 Å². The third-order valence-electron chi connectivity index (χ3n) is 11.9. The molecular formula is C46H54N8O14. The number of phenols is 1. The summed E-state index contributed by atoms with van der Waals surface area (Å²) in [5.41, 5.74) is 1.75. The van der Waals surface area contributed by atoms with Gasteiger partial charge in [0.2, 0.25) is 35.4 Å². The second-order valence-corrected chi connectivity index (χ2v) is 16.6. The minimum Gasteiger partial charge on any atom is -0.508 e. The van der Waals surface area contributed by atoms with E-state index in [4.69, 9.17) is 0 Å². The fourth-order valence-corrected chi connectivity index (χ4v) is 8.41. The Hall–Kier alpha value is -7.27. The van der Waals surface area contributed by atoms with E-state index in [0.717, 1.165) is 9.80 Å². The van der Waals surface area contributed by atoms with Crippen LogP contribution in [0.2, 0.25) is 0 Å². The second-order valence-electron chi connectivity index (χ2n) is 16.6. The first kappa shape index (κ1) is 50.1. The molecule has 2 saturated heterocycles. The van der Waals surface area contributed by atoms with Crippen LogP contribution in [0.5, 0.6) is 5.75 Å². The lowest BCUT2D eigenvalue weighted by Crippen LogP contribution is -2.62. The number of aliphatic carboxylic acids is 1. The van der Waals surface area contributed by atoms with E-state index >= 15 is 0 Å². The van der Waals surface area contributed by atoms with Crippen LogP contribution in [0.25, 0.3) is 21.8 Å². The molecule has 1 aromatic heterocycles. The van der Waals surface area contributed by atoms with Gasteiger partial charge in [-0.3, -0.25) is 33.6 Å². The number of aliphatic hydroxyl groups is 4. The molecule has 0 saturated carbocycles. The van der Waals surface area contributed by atoms with Crippen LogP contribution in [0, 0.1) is 0 Å². The number of carboxylic acids is 1. The fraction of sp³-hybridized carbons (Fsp3) is 0.413. The fourth-order valence-electron chi connectivity index (χ4n) is 8.41. The van der Waals surface area contributed by atoms with E-state index < -0.39 is 116 Å². The van der Waals surface area contributed by atoms with Gasteiger partial charge < -0.3 is 67.0 Å². The molecule has 0 aliphatic carbocycles. The zero-order valence-corrected chi connectivity index (χ0v) is 36.9. The van der Waals surface area contributed by atoms with E-state index in [2.05, 4.69) is 31.6 Å². The van der Waals surface area contributed by atoms with Crippen LogP contribution in [0.15, 0.2) is 72.8 Å². The van der Waals surface area contributed by atoms with Crippen molar-refractivity contribution in [3.05, 3.63) is 83.9 Å². The van der Waals surface area contributed by atoms with Gasteiger partial charge in [0.25, 0.3) is 5.91 Å². The number of phenolic OH excluding ortho intramolecular Hbond substituents is 1. The Bertz CT molecular complexity index is 2490. The number of aromatic hydroxyl groups is 1. The minimum atomic E-state index is -1.73. The van der Waals surface area contributed by atoms with E-state index in [-0.39, 0.29) is 50.1 Å². The van der Waals surface area contributed by atoms with Gasteiger partial charge >= 0.3 is 5.97 Å². The molecule has 362 valence electrons. The van der Waals surface area contributed by atoms with Crippen molar-refractivity contribution in [3.63, 3.8) is 0 Å². The lowest BCUT2D eigenvalue weighted by molar-refractivity contribution is -0.145. The Balaban J connectivity index is 1.07. The summed E-state index contributed by atoms with van der Waals surface area (Å²) in [4.78, 5) is 114. The van der Waals surface area contributed by atoms with Crippen molar-refractivity contribution in [1.82, 2.24) is 41.4 Å². The molecule has 0 bridgehead atoms. The molecule has 2 aliphatic heterocycles. The SMILES string of the molecule is C[C@@H](O)[C@H](NC(=O)[C@@H]1CCCN1C(=O)[C@H](CO)NC(=O)c1c2ccccc2nc2ccccc12)C(=O)N[C@@H](CO)C(=O)N1CCC[C@H]1C(=O)N[C@@H](CO)C(=O)N[C@@H](Cc1ccc(O)cc1)C(=O)O. The molecule has 4 aromatic rings. The van der Waals surface area contributed by atoms with Crippen LogP contribution in [0.3, 0.4) is 0 Å². The van der Waals surface area contributed by atoms with E-state index in [0.29, 0.717) is 33.8 Å². The van der Waals surface area contributed by atoms with Crippen LogP contribution in [0.1, 0.15) is 48.5 Å². The number of carbonyl (C=O) groups excluding carboxylic acids is 7. The molecule has 22 nitrogen and oxygen atoms in total. The van der Waals surface area contributed by atoms with Crippen LogP contribution in [-0.4, -0.2) is 174 Å². The number of fused-ring (bicyclic) bond motifs is 2. The summed E-state index contributed by atoms with van der Waals surface area (Å²) in [5.74, 6) is -7.76. The smallest absolute Gasteiger partial charge is 0.326 e. The molecule has 2 fully saturated rings. The average molecular weight is 943 g/mol. The number of amides is 7. The van der Waals surface area contributed by atoms with Gasteiger partial charge in [0.05, 0.1) is 42.5 Å². The summed E-state index contributed by atoms with van der Waals surface area (Å²) in [5, 5.41) is 73.4. The van der Waals surface area contributed by atoms with Crippen LogP contribution in [-0.2, 0) is 40.0 Å². The molecule has 2 aliphatic rings. The molecule has 3 aromatic carbocycles. The number of carbonyl (C=O) groups is 8.